The van der Waals surface area contributed by atoms with Gasteiger partial charge in [-0.1, -0.05) is 35.9 Å². The Labute approximate surface area is 245 Å². The van der Waals surface area contributed by atoms with Crippen molar-refractivity contribution in [2.45, 2.75) is 19.6 Å². The Morgan fingerprint density at radius 2 is 1.67 bits per heavy atom. The van der Waals surface area contributed by atoms with Gasteiger partial charge in [-0.3, -0.25) is 14.5 Å². The minimum absolute atomic E-state index is 0.0302. The van der Waals surface area contributed by atoms with E-state index in [1.165, 1.54) is 12.0 Å². The molecule has 2 aliphatic rings. The highest BCUT2D eigenvalue weighted by Crippen LogP contribution is 2.42. The summed E-state index contributed by atoms with van der Waals surface area (Å²) in [7, 11) is 3.07. The molecule has 3 aromatic carbocycles. The average molecular weight is 573 g/mol. The van der Waals surface area contributed by atoms with E-state index in [1.807, 2.05) is 25.1 Å². The minimum Gasteiger partial charge on any atom is -0.507 e. The zero-order chi connectivity index (χ0) is 29.6. The first-order valence-corrected chi connectivity index (χ1v) is 14.0. The fourth-order valence-electron chi connectivity index (χ4n) is 5.39. The Morgan fingerprint density at radius 1 is 0.929 bits per heavy atom. The molecule has 2 fully saturated rings. The van der Waals surface area contributed by atoms with Crippen LogP contribution in [0.1, 0.15) is 28.3 Å². The molecule has 1 N–H and O–H groups in total. The lowest BCUT2D eigenvalue weighted by atomic mass is 9.95. The smallest absolute Gasteiger partial charge is 0.295 e. The highest BCUT2D eigenvalue weighted by Gasteiger charge is 2.46. The van der Waals surface area contributed by atoms with Crippen molar-refractivity contribution in [3.8, 4) is 17.2 Å². The van der Waals surface area contributed by atoms with Crippen LogP contribution in [0.5, 0.6) is 17.2 Å². The molecule has 2 saturated heterocycles. The number of carbonyl (C=O) groups excluding carboxylic acids is 2. The number of aliphatic hydroxyl groups excluding tert-OH is 1. The summed E-state index contributed by atoms with van der Waals surface area (Å²) in [6, 6.07) is 19.4. The number of benzene rings is 3. The van der Waals surface area contributed by atoms with E-state index in [0.717, 1.165) is 24.2 Å². The van der Waals surface area contributed by atoms with E-state index in [9.17, 15) is 14.7 Å². The van der Waals surface area contributed by atoms with Gasteiger partial charge in [0.1, 0.15) is 18.1 Å². The normalized spacial score (nSPS) is 18.7. The lowest BCUT2D eigenvalue weighted by Gasteiger charge is -2.31. The summed E-state index contributed by atoms with van der Waals surface area (Å²) >= 11 is 0. The maximum Gasteiger partial charge on any atom is 0.295 e. The Hall–Kier alpha value is -4.34. The molecule has 1 amide bonds. The Bertz CT molecular complexity index is 1460. The molecule has 42 heavy (non-hydrogen) atoms. The van der Waals surface area contributed by atoms with Crippen LogP contribution in [0, 0.1) is 6.92 Å². The lowest BCUT2D eigenvalue weighted by Crippen LogP contribution is -2.42. The van der Waals surface area contributed by atoms with E-state index in [2.05, 4.69) is 11.0 Å². The number of ether oxygens (including phenoxy) is 4. The highest BCUT2D eigenvalue weighted by molar-refractivity contribution is 6.46. The van der Waals surface area contributed by atoms with Crippen molar-refractivity contribution in [3.63, 3.8) is 0 Å². The van der Waals surface area contributed by atoms with Crippen molar-refractivity contribution in [1.82, 2.24) is 9.80 Å². The first-order valence-electron chi connectivity index (χ1n) is 14.0. The van der Waals surface area contributed by atoms with Gasteiger partial charge >= 0.3 is 0 Å². The molecule has 9 nitrogen and oxygen atoms in total. The molecule has 5 rings (SSSR count). The van der Waals surface area contributed by atoms with Gasteiger partial charge in [-0.25, -0.2) is 0 Å². The maximum atomic E-state index is 13.5. The van der Waals surface area contributed by atoms with Gasteiger partial charge in [0.2, 0.25) is 0 Å². The standard InChI is InChI=1S/C33H36N2O7/c1-22-5-4-6-23(19-22)21-42-26-10-7-24(8-11-26)31(36)29-30(25-9-12-27(39-2)28(20-25)40-3)35(33(38)32(29)37)14-13-34-15-17-41-18-16-34/h4-12,19-20,30,36H,13-18,21H2,1-3H3/b31-29+. The van der Waals surface area contributed by atoms with Crippen molar-refractivity contribution in [3.05, 3.63) is 94.6 Å². The van der Waals surface area contributed by atoms with E-state index in [1.54, 1.807) is 49.6 Å². The van der Waals surface area contributed by atoms with Crippen LogP contribution in [0.15, 0.2) is 72.3 Å². The number of amides is 1. The second kappa shape index (κ2) is 13.1. The molecule has 3 aromatic rings. The van der Waals surface area contributed by atoms with Crippen molar-refractivity contribution < 1.29 is 33.6 Å². The number of rotatable bonds is 10. The molecule has 220 valence electrons. The minimum atomic E-state index is -0.803. The van der Waals surface area contributed by atoms with E-state index in [4.69, 9.17) is 18.9 Å². The third-order valence-electron chi connectivity index (χ3n) is 7.64. The topological polar surface area (TPSA) is 97.8 Å². The second-order valence-corrected chi connectivity index (χ2v) is 10.4. The molecule has 2 aliphatic heterocycles. The molecule has 0 saturated carbocycles. The lowest BCUT2D eigenvalue weighted by molar-refractivity contribution is -0.140. The summed E-state index contributed by atoms with van der Waals surface area (Å²) in [4.78, 5) is 30.6. The summed E-state index contributed by atoms with van der Waals surface area (Å²) in [5.74, 6) is -0.0175. The van der Waals surface area contributed by atoms with Crippen LogP contribution in [0.2, 0.25) is 0 Å². The zero-order valence-electron chi connectivity index (χ0n) is 24.2. The molecule has 0 radical (unpaired) electrons. The fraction of sp³-hybridized carbons (Fsp3) is 0.333. The Kier molecular flexibility index (Phi) is 9.09. The van der Waals surface area contributed by atoms with E-state index in [-0.39, 0.29) is 11.3 Å². The van der Waals surface area contributed by atoms with Gasteiger partial charge in [-0.15, -0.1) is 0 Å². The van der Waals surface area contributed by atoms with Gasteiger partial charge in [0.15, 0.2) is 11.5 Å². The molecule has 0 aliphatic carbocycles. The summed E-state index contributed by atoms with van der Waals surface area (Å²) in [5.41, 5.74) is 3.28. The summed E-state index contributed by atoms with van der Waals surface area (Å²) < 4.78 is 22.3. The van der Waals surface area contributed by atoms with Crippen LogP contribution in [0.4, 0.5) is 0 Å². The number of aliphatic hydroxyl groups is 1. The van der Waals surface area contributed by atoms with Crippen molar-refractivity contribution in [2.24, 2.45) is 0 Å². The van der Waals surface area contributed by atoms with Crippen LogP contribution >= 0.6 is 0 Å². The number of methoxy groups -OCH3 is 2. The predicted molar refractivity (Wildman–Crippen MR) is 158 cm³/mol. The molecule has 9 heteroatoms. The summed E-state index contributed by atoms with van der Waals surface area (Å²) in [6.45, 7) is 6.08. The van der Waals surface area contributed by atoms with Gasteiger partial charge in [-0.05, 0) is 54.4 Å². The van der Waals surface area contributed by atoms with Gasteiger partial charge in [0.25, 0.3) is 11.7 Å². The number of ketones is 1. The maximum absolute atomic E-state index is 13.5. The molecule has 1 atom stereocenters. The molecule has 0 spiro atoms. The average Bonchev–Trinajstić information content (AvgIpc) is 3.28. The first-order chi connectivity index (χ1) is 20.4. The highest BCUT2D eigenvalue weighted by atomic mass is 16.5. The first kappa shape index (κ1) is 29.2. The number of Topliss-reactive ketones (excluding diaryl/α,β-unsaturated/α-hetero) is 1. The Morgan fingerprint density at radius 3 is 2.36 bits per heavy atom. The van der Waals surface area contributed by atoms with Crippen molar-refractivity contribution in [1.29, 1.82) is 0 Å². The number of likely N-dealkylation sites (tertiary alicyclic amines) is 1. The van der Waals surface area contributed by atoms with Gasteiger partial charge in [0, 0.05) is 31.7 Å². The third kappa shape index (κ3) is 6.27. The van der Waals surface area contributed by atoms with Crippen LogP contribution in [0.3, 0.4) is 0 Å². The number of aryl methyl sites for hydroxylation is 1. The van der Waals surface area contributed by atoms with E-state index < -0.39 is 17.7 Å². The van der Waals surface area contributed by atoms with E-state index >= 15 is 0 Å². The quantitative estimate of drug-likeness (QED) is 0.218. The zero-order valence-corrected chi connectivity index (χ0v) is 24.2. The van der Waals surface area contributed by atoms with Crippen LogP contribution in [-0.4, -0.2) is 80.2 Å². The number of carbonyl (C=O) groups is 2. The molecular weight excluding hydrogens is 536 g/mol. The van der Waals surface area contributed by atoms with Crippen LogP contribution in [-0.2, 0) is 20.9 Å². The number of nitrogens with zero attached hydrogens (tertiary/aromatic N) is 2. The molecule has 0 bridgehead atoms. The SMILES string of the molecule is COc1ccc(C2/C(=C(\O)c3ccc(OCc4cccc(C)c4)cc3)C(=O)C(=O)N2CCN2CCOCC2)cc1OC. The number of hydrogen-bond acceptors (Lipinski definition) is 8. The van der Waals surface area contributed by atoms with Crippen LogP contribution in [0.25, 0.3) is 5.76 Å². The monoisotopic (exact) mass is 572 g/mol. The number of hydrogen-bond donors (Lipinski definition) is 1. The van der Waals surface area contributed by atoms with Gasteiger partial charge in [-0.2, -0.15) is 0 Å². The van der Waals surface area contributed by atoms with Gasteiger partial charge in [0.05, 0.1) is 39.0 Å². The van der Waals surface area contributed by atoms with Crippen LogP contribution < -0.4 is 14.2 Å². The predicted octanol–water partition coefficient (Wildman–Crippen LogP) is 4.35. The van der Waals surface area contributed by atoms with Crippen molar-refractivity contribution in [2.75, 3.05) is 53.6 Å². The molecule has 1 unspecified atom stereocenters. The fourth-order valence-corrected chi connectivity index (χ4v) is 5.39. The summed E-state index contributed by atoms with van der Waals surface area (Å²) in [5, 5.41) is 11.5. The molecule has 2 heterocycles. The third-order valence-corrected chi connectivity index (χ3v) is 7.64. The number of morpholine rings is 1. The van der Waals surface area contributed by atoms with E-state index in [0.29, 0.717) is 61.3 Å². The Balaban J connectivity index is 1.45. The van der Waals surface area contributed by atoms with Crippen molar-refractivity contribution >= 4 is 17.4 Å². The molecule has 0 aromatic heterocycles. The molecular formula is C33H36N2O7. The van der Waals surface area contributed by atoms with Gasteiger partial charge < -0.3 is 29.0 Å². The largest absolute Gasteiger partial charge is 0.507 e. The second-order valence-electron chi connectivity index (χ2n) is 10.4. The summed E-state index contributed by atoms with van der Waals surface area (Å²) in [6.07, 6.45) is 0.